The van der Waals surface area contributed by atoms with Crippen molar-refractivity contribution < 1.29 is 34.4 Å². The van der Waals surface area contributed by atoms with Crippen LogP contribution in [0.3, 0.4) is 0 Å². The Morgan fingerprint density at radius 3 is 2.59 bits per heavy atom. The van der Waals surface area contributed by atoms with Gasteiger partial charge in [-0.15, -0.1) is 0 Å². The van der Waals surface area contributed by atoms with E-state index >= 15 is 0 Å². The summed E-state index contributed by atoms with van der Waals surface area (Å²) in [6.45, 7) is 1.26. The number of phenolic OH excluding ortho intramolecular Hbond substituents is 1. The zero-order valence-electron chi connectivity index (χ0n) is 18.2. The van der Waals surface area contributed by atoms with Gasteiger partial charge in [0.2, 0.25) is 0 Å². The van der Waals surface area contributed by atoms with Crippen LogP contribution in [0.4, 0.5) is 4.39 Å². The fourth-order valence-corrected chi connectivity index (χ4v) is 6.14. The van der Waals surface area contributed by atoms with E-state index in [2.05, 4.69) is 4.98 Å². The van der Waals surface area contributed by atoms with Crippen LogP contribution in [0.5, 0.6) is 5.75 Å². The highest BCUT2D eigenvalue weighted by molar-refractivity contribution is 6.08. The molecule has 0 saturated heterocycles. The average molecular weight is 466 g/mol. The van der Waals surface area contributed by atoms with Gasteiger partial charge in [-0.2, -0.15) is 0 Å². The first-order valence-electron chi connectivity index (χ1n) is 10.9. The van der Waals surface area contributed by atoms with Crippen molar-refractivity contribution >= 4 is 17.4 Å². The number of rotatable bonds is 2. The van der Waals surface area contributed by atoms with E-state index in [0.29, 0.717) is 17.5 Å². The number of nitrogens with two attached hydrogens (primary N) is 1. The number of aliphatic hydroxyl groups is 3. The lowest BCUT2D eigenvalue weighted by molar-refractivity contribution is -0.136. The molecule has 0 radical (unpaired) electrons. The fourth-order valence-electron chi connectivity index (χ4n) is 6.14. The van der Waals surface area contributed by atoms with Crippen LogP contribution in [0.1, 0.15) is 30.9 Å². The first-order chi connectivity index (χ1) is 16.0. The molecule has 3 aliphatic rings. The number of halogens is 1. The number of fused-ring (bicyclic) bond motifs is 3. The largest absolute Gasteiger partial charge is 0.512 e. The molecule has 1 heterocycles. The number of hydrogen-bond acceptors (Lipinski definition) is 7. The van der Waals surface area contributed by atoms with Crippen LogP contribution in [0.2, 0.25) is 0 Å². The molecule has 3 aliphatic carbocycles. The van der Waals surface area contributed by atoms with E-state index < -0.39 is 52.2 Å². The molecule has 4 unspecified atom stereocenters. The van der Waals surface area contributed by atoms with E-state index in [1.54, 1.807) is 6.07 Å². The highest BCUT2D eigenvalue weighted by Gasteiger charge is 2.56. The second kappa shape index (κ2) is 7.39. The predicted octanol–water partition coefficient (Wildman–Crippen LogP) is 2.69. The number of allylic oxidation sites excluding steroid dienone is 2. The van der Waals surface area contributed by atoms with Gasteiger partial charge < -0.3 is 26.2 Å². The maximum absolute atomic E-state index is 14.5. The Morgan fingerprint density at radius 1 is 1.18 bits per heavy atom. The monoisotopic (exact) mass is 466 g/mol. The fraction of sp³-hybridized carbons (Fsp3) is 0.320. The molecule has 0 aliphatic heterocycles. The maximum atomic E-state index is 14.5. The lowest BCUT2D eigenvalue weighted by atomic mass is 9.57. The lowest BCUT2D eigenvalue weighted by Gasteiger charge is -2.48. The number of phenols is 1. The smallest absolute Gasteiger partial charge is 0.250 e. The molecule has 34 heavy (non-hydrogen) atoms. The van der Waals surface area contributed by atoms with Crippen molar-refractivity contribution in [1.82, 2.24) is 4.98 Å². The number of ketones is 1. The van der Waals surface area contributed by atoms with Crippen LogP contribution >= 0.6 is 0 Å². The number of aromatic hydroxyl groups is 1. The molecule has 1 fully saturated rings. The number of pyridine rings is 1. The van der Waals surface area contributed by atoms with Crippen LogP contribution in [-0.4, -0.2) is 42.7 Å². The Hall–Kier alpha value is -3.72. The zero-order valence-corrected chi connectivity index (χ0v) is 18.2. The van der Waals surface area contributed by atoms with Gasteiger partial charge in [-0.25, -0.2) is 4.39 Å². The second-order valence-electron chi connectivity index (χ2n) is 9.38. The van der Waals surface area contributed by atoms with Crippen molar-refractivity contribution in [2.24, 2.45) is 23.5 Å². The second-order valence-corrected chi connectivity index (χ2v) is 9.38. The molecular formula is C25H23FN2O6. The number of aliphatic hydroxyl groups excluding tert-OH is 2. The Kier molecular flexibility index (Phi) is 4.80. The number of carbonyl (C=O) groups is 2. The van der Waals surface area contributed by atoms with Gasteiger partial charge in [0, 0.05) is 23.8 Å². The molecular weight excluding hydrogens is 443 g/mol. The maximum Gasteiger partial charge on any atom is 0.250 e. The molecule has 1 saturated carbocycles. The topological polar surface area (TPSA) is 154 Å². The molecule has 2 aromatic rings. The Morgan fingerprint density at radius 2 is 1.91 bits per heavy atom. The van der Waals surface area contributed by atoms with Crippen LogP contribution in [-0.2, 0) is 16.0 Å². The molecule has 176 valence electrons. The van der Waals surface area contributed by atoms with E-state index in [0.717, 1.165) is 6.20 Å². The number of benzene rings is 1. The van der Waals surface area contributed by atoms with Gasteiger partial charge in [0.05, 0.1) is 23.3 Å². The SMILES string of the molecule is CC1(O)C(C(N)=O)=C(O)CC2CC3Cc4c(-c5ccncc5F)ccc(O)c4C(O)=C3C(=O)C21. The number of primary amides is 1. The quantitative estimate of drug-likeness (QED) is 0.456. The zero-order chi connectivity index (χ0) is 24.5. The van der Waals surface area contributed by atoms with Crippen molar-refractivity contribution in [3.63, 3.8) is 0 Å². The standard InChI is InChI=1S/C25H23FN2O6/c1-25(34)20-11(8-17(30)21(25)24(27)33)6-10-7-14-12(13-4-5-28-9-15(13)26)2-3-16(29)19(14)22(31)18(10)23(20)32/h2-5,9-11,20,29-31,34H,6-8H2,1H3,(H2,27,33). The van der Waals surface area contributed by atoms with E-state index in [1.807, 2.05) is 0 Å². The summed E-state index contributed by atoms with van der Waals surface area (Å²) in [6.07, 6.45) is 3.03. The Bertz CT molecular complexity index is 1330. The summed E-state index contributed by atoms with van der Waals surface area (Å²) >= 11 is 0. The van der Waals surface area contributed by atoms with Gasteiger partial charge in [0.1, 0.15) is 28.7 Å². The number of aromatic nitrogens is 1. The summed E-state index contributed by atoms with van der Waals surface area (Å²) in [5.74, 6) is -5.32. The minimum Gasteiger partial charge on any atom is -0.512 e. The van der Waals surface area contributed by atoms with Crippen molar-refractivity contribution in [3.8, 4) is 16.9 Å². The van der Waals surface area contributed by atoms with E-state index in [4.69, 9.17) is 5.73 Å². The average Bonchev–Trinajstić information content (AvgIpc) is 2.73. The van der Waals surface area contributed by atoms with Crippen LogP contribution in [0, 0.1) is 23.6 Å². The molecule has 4 atom stereocenters. The highest BCUT2D eigenvalue weighted by Crippen LogP contribution is 2.54. The molecule has 1 aromatic heterocycles. The highest BCUT2D eigenvalue weighted by atomic mass is 19.1. The minimum atomic E-state index is -2.03. The Labute approximate surface area is 193 Å². The third-order valence-corrected chi connectivity index (χ3v) is 7.41. The van der Waals surface area contributed by atoms with Gasteiger partial charge in [0.25, 0.3) is 5.91 Å². The third kappa shape index (κ3) is 2.96. The summed E-state index contributed by atoms with van der Waals surface area (Å²) in [6, 6.07) is 4.37. The lowest BCUT2D eigenvalue weighted by Crippen LogP contribution is -2.55. The molecule has 6 N–H and O–H groups in total. The summed E-state index contributed by atoms with van der Waals surface area (Å²) in [4.78, 5) is 29.3. The van der Waals surface area contributed by atoms with Gasteiger partial charge in [-0.1, -0.05) is 6.07 Å². The summed E-state index contributed by atoms with van der Waals surface area (Å²) in [7, 11) is 0. The van der Waals surface area contributed by atoms with Gasteiger partial charge in [0.15, 0.2) is 5.78 Å². The first kappa shape index (κ1) is 22.1. The number of carbonyl (C=O) groups excluding carboxylic acids is 2. The van der Waals surface area contributed by atoms with Crippen LogP contribution in [0.25, 0.3) is 16.9 Å². The van der Waals surface area contributed by atoms with E-state index in [9.17, 15) is 34.4 Å². The van der Waals surface area contributed by atoms with E-state index in [1.165, 1.54) is 25.3 Å². The van der Waals surface area contributed by atoms with Crippen LogP contribution < -0.4 is 5.73 Å². The summed E-state index contributed by atoms with van der Waals surface area (Å²) in [5, 5.41) is 43.3. The molecule has 1 amide bonds. The third-order valence-electron chi connectivity index (χ3n) is 7.41. The molecule has 0 bridgehead atoms. The van der Waals surface area contributed by atoms with Crippen molar-refractivity contribution in [2.45, 2.75) is 31.8 Å². The minimum absolute atomic E-state index is 0.0197. The normalized spacial score (nSPS) is 28.3. The first-order valence-corrected chi connectivity index (χ1v) is 10.9. The van der Waals surface area contributed by atoms with Crippen molar-refractivity contribution in [3.05, 3.63) is 64.4 Å². The molecule has 5 rings (SSSR count). The molecule has 0 spiro atoms. The predicted molar refractivity (Wildman–Crippen MR) is 119 cm³/mol. The number of hydrogen-bond donors (Lipinski definition) is 5. The number of nitrogens with zero attached hydrogens (tertiary/aromatic N) is 1. The molecule has 8 nitrogen and oxygen atoms in total. The molecule has 9 heteroatoms. The van der Waals surface area contributed by atoms with Crippen LogP contribution in [0.15, 0.2) is 47.5 Å². The van der Waals surface area contributed by atoms with Gasteiger partial charge in [-0.3, -0.25) is 14.6 Å². The molecule has 1 aromatic carbocycles. The summed E-state index contributed by atoms with van der Waals surface area (Å²) < 4.78 is 14.5. The summed E-state index contributed by atoms with van der Waals surface area (Å²) in [5.41, 5.74) is 4.21. The van der Waals surface area contributed by atoms with Crippen molar-refractivity contribution in [2.75, 3.05) is 0 Å². The van der Waals surface area contributed by atoms with Gasteiger partial charge in [-0.05, 0) is 54.9 Å². The van der Waals surface area contributed by atoms with E-state index in [-0.39, 0.29) is 41.1 Å². The van der Waals surface area contributed by atoms with Gasteiger partial charge >= 0.3 is 0 Å². The number of amides is 1. The Balaban J connectivity index is 1.68. The number of Topliss-reactive ketones (excluding diaryl/α,β-unsaturated/α-hetero) is 1. The van der Waals surface area contributed by atoms with Crippen molar-refractivity contribution in [1.29, 1.82) is 0 Å².